The summed E-state index contributed by atoms with van der Waals surface area (Å²) in [5, 5.41) is 10.6. The second-order valence-corrected chi connectivity index (χ2v) is 14.2. The molecule has 6 unspecified atom stereocenters. The van der Waals surface area contributed by atoms with Crippen LogP contribution in [0.25, 0.3) is 0 Å². The molecule has 0 saturated carbocycles. The van der Waals surface area contributed by atoms with Crippen LogP contribution in [0.2, 0.25) is 0 Å². The van der Waals surface area contributed by atoms with Crippen LogP contribution < -0.4 is 4.90 Å². The Labute approximate surface area is 247 Å². The summed E-state index contributed by atoms with van der Waals surface area (Å²) in [6, 6.07) is 13.6. The standard InChI is InChI=1S/C36H46BN2O2/c1-35(2,40)36(3,4)41-37-24-19-20-32-28(21-24)30-22-29-27-17-11-12-18-31(27)38(25-13-7-5-8-14-25)33(29)23-34(30)39(32)26-15-9-6-10-16-26/h5,7-9,12-15,18-19,21-22,26-27,29,31-34,40H,6,10-11,16-17,20,23H2,1-4H3/t26?,27?,29?,31?,32-,33?,34?/m0/s1. The van der Waals surface area contributed by atoms with Crippen molar-refractivity contribution in [3.05, 3.63) is 89.5 Å². The highest BCUT2D eigenvalue weighted by Crippen LogP contribution is 2.54. The molecule has 215 valence electrons. The van der Waals surface area contributed by atoms with Gasteiger partial charge in [-0.25, -0.2) is 0 Å². The van der Waals surface area contributed by atoms with Gasteiger partial charge < -0.3 is 14.7 Å². The van der Waals surface area contributed by atoms with Gasteiger partial charge in [0.15, 0.2) is 0 Å². The van der Waals surface area contributed by atoms with Crippen LogP contribution in [0.4, 0.5) is 5.69 Å². The van der Waals surface area contributed by atoms with Crippen molar-refractivity contribution in [1.82, 2.24) is 4.90 Å². The minimum absolute atomic E-state index is 0.421. The molecule has 6 aliphatic rings. The van der Waals surface area contributed by atoms with E-state index in [0.717, 1.165) is 11.9 Å². The van der Waals surface area contributed by atoms with Gasteiger partial charge in [0.25, 0.3) is 0 Å². The molecule has 7 atom stereocenters. The van der Waals surface area contributed by atoms with Crippen LogP contribution in [0.1, 0.15) is 72.6 Å². The lowest BCUT2D eigenvalue weighted by Gasteiger charge is -2.42. The average molecular weight is 550 g/mol. The average Bonchev–Trinajstić information content (AvgIpc) is 3.47. The highest BCUT2D eigenvalue weighted by Gasteiger charge is 2.55. The number of fused-ring (bicyclic) bond motifs is 6. The van der Waals surface area contributed by atoms with Crippen LogP contribution in [0.15, 0.2) is 89.5 Å². The van der Waals surface area contributed by atoms with E-state index in [1.165, 1.54) is 49.8 Å². The molecule has 2 saturated heterocycles. The van der Waals surface area contributed by atoms with Gasteiger partial charge in [0, 0.05) is 35.8 Å². The summed E-state index contributed by atoms with van der Waals surface area (Å²) in [5.41, 5.74) is 3.99. The van der Waals surface area contributed by atoms with Crippen molar-refractivity contribution in [2.45, 2.75) is 114 Å². The van der Waals surface area contributed by atoms with Gasteiger partial charge >= 0.3 is 7.48 Å². The molecule has 2 heterocycles. The zero-order chi connectivity index (χ0) is 28.4. The molecule has 2 aliphatic heterocycles. The molecule has 0 spiro atoms. The quantitative estimate of drug-likeness (QED) is 0.316. The predicted octanol–water partition coefficient (Wildman–Crippen LogP) is 6.72. The van der Waals surface area contributed by atoms with E-state index in [1.54, 1.807) is 5.57 Å². The highest BCUT2D eigenvalue weighted by molar-refractivity contribution is 6.39. The lowest BCUT2D eigenvalue weighted by molar-refractivity contribution is -0.0896. The monoisotopic (exact) mass is 549 g/mol. The smallest absolute Gasteiger partial charge is 0.330 e. The van der Waals surface area contributed by atoms with Gasteiger partial charge in [-0.3, -0.25) is 4.90 Å². The molecule has 5 heteroatoms. The van der Waals surface area contributed by atoms with Gasteiger partial charge in [0.1, 0.15) is 0 Å². The Hall–Kier alpha value is -2.34. The van der Waals surface area contributed by atoms with E-state index in [2.05, 4.69) is 82.7 Å². The molecule has 4 nitrogen and oxygen atoms in total. The van der Waals surface area contributed by atoms with Crippen molar-refractivity contribution in [2.24, 2.45) is 11.8 Å². The Kier molecular flexibility index (Phi) is 7.00. The third-order valence-electron chi connectivity index (χ3n) is 11.2. The van der Waals surface area contributed by atoms with E-state index >= 15 is 0 Å². The summed E-state index contributed by atoms with van der Waals surface area (Å²) >= 11 is 0. The predicted molar refractivity (Wildman–Crippen MR) is 169 cm³/mol. The number of anilines is 1. The summed E-state index contributed by atoms with van der Waals surface area (Å²) < 4.78 is 6.22. The molecule has 7 rings (SSSR count). The minimum atomic E-state index is -0.935. The maximum absolute atomic E-state index is 10.6. The first-order valence-electron chi connectivity index (χ1n) is 16.0. The van der Waals surface area contributed by atoms with E-state index in [-0.39, 0.29) is 0 Å². The van der Waals surface area contributed by atoms with Crippen molar-refractivity contribution in [3.63, 3.8) is 0 Å². The fourth-order valence-corrected chi connectivity index (χ4v) is 8.39. The Balaban J connectivity index is 1.25. The maximum Gasteiger partial charge on any atom is 0.330 e. The first-order chi connectivity index (χ1) is 19.7. The van der Waals surface area contributed by atoms with E-state index in [4.69, 9.17) is 4.65 Å². The zero-order valence-electron chi connectivity index (χ0n) is 25.2. The number of allylic oxidation sites excluding steroid dienone is 4. The van der Waals surface area contributed by atoms with Gasteiger partial charge in [-0.2, -0.15) is 0 Å². The first kappa shape index (κ1) is 27.5. The number of aliphatic hydroxyl groups is 1. The SMILES string of the molecule is CC(C)(O)C(C)(C)O[B]C1=CC[C@H]2C(=C1)C1=CC3C4CCC=CC4N(c4ccccc4)C3CC1N2C1C=CCCC1. The fraction of sp³-hybridized carbons (Fsp3) is 0.556. The Morgan fingerprint density at radius 1 is 0.951 bits per heavy atom. The maximum atomic E-state index is 10.6. The topological polar surface area (TPSA) is 35.9 Å². The van der Waals surface area contributed by atoms with Crippen LogP contribution >= 0.6 is 0 Å². The third-order valence-corrected chi connectivity index (χ3v) is 11.2. The van der Waals surface area contributed by atoms with Crippen LogP contribution in [-0.2, 0) is 4.65 Å². The molecular formula is C36H46BN2O2. The largest absolute Gasteiger partial charge is 0.427 e. The van der Waals surface area contributed by atoms with E-state index in [9.17, 15) is 5.11 Å². The van der Waals surface area contributed by atoms with Crippen molar-refractivity contribution >= 4 is 13.2 Å². The lowest BCUT2D eigenvalue weighted by atomic mass is 9.73. The molecule has 0 aromatic heterocycles. The Morgan fingerprint density at radius 3 is 2.51 bits per heavy atom. The van der Waals surface area contributed by atoms with E-state index < -0.39 is 11.2 Å². The molecule has 0 amide bonds. The molecular weight excluding hydrogens is 503 g/mol. The molecule has 0 bridgehead atoms. The number of hydrogen-bond donors (Lipinski definition) is 1. The summed E-state index contributed by atoms with van der Waals surface area (Å²) in [6.45, 7) is 7.56. The molecule has 1 aromatic rings. The number of hydrogen-bond acceptors (Lipinski definition) is 4. The van der Waals surface area contributed by atoms with Crippen LogP contribution in [0.3, 0.4) is 0 Å². The van der Waals surface area contributed by atoms with Crippen LogP contribution in [-0.4, -0.2) is 58.9 Å². The molecule has 1 aromatic carbocycles. The number of rotatable bonds is 6. The van der Waals surface area contributed by atoms with Gasteiger partial charge in [-0.1, -0.05) is 66.2 Å². The first-order valence-corrected chi connectivity index (χ1v) is 16.0. The Bertz CT molecular complexity index is 1300. The van der Waals surface area contributed by atoms with Crippen molar-refractivity contribution < 1.29 is 9.76 Å². The van der Waals surface area contributed by atoms with Gasteiger partial charge in [-0.05, 0) is 102 Å². The summed E-state index contributed by atoms with van der Waals surface area (Å²) in [5.74, 6) is 1.24. The second kappa shape index (κ2) is 10.4. The fourth-order valence-electron chi connectivity index (χ4n) is 8.39. The number of para-hydroxylation sites is 1. The number of likely N-dealkylation sites (tertiary alicyclic amines) is 1. The Morgan fingerprint density at radius 2 is 1.76 bits per heavy atom. The van der Waals surface area contributed by atoms with Crippen molar-refractivity contribution in [2.75, 3.05) is 4.90 Å². The van der Waals surface area contributed by atoms with Crippen LogP contribution in [0.5, 0.6) is 0 Å². The van der Waals surface area contributed by atoms with Gasteiger partial charge in [0.05, 0.1) is 17.2 Å². The lowest BCUT2D eigenvalue weighted by Crippen LogP contribution is -2.49. The highest BCUT2D eigenvalue weighted by atomic mass is 16.5. The second-order valence-electron chi connectivity index (χ2n) is 14.2. The molecule has 1 radical (unpaired) electrons. The van der Waals surface area contributed by atoms with Gasteiger partial charge in [-0.15, -0.1) is 0 Å². The van der Waals surface area contributed by atoms with E-state index in [0.29, 0.717) is 42.0 Å². The molecule has 2 fully saturated rings. The van der Waals surface area contributed by atoms with Gasteiger partial charge in [0.2, 0.25) is 0 Å². The number of nitrogens with zero attached hydrogens (tertiary/aromatic N) is 2. The number of benzene rings is 1. The van der Waals surface area contributed by atoms with E-state index in [1.807, 2.05) is 35.2 Å². The molecule has 41 heavy (non-hydrogen) atoms. The summed E-state index contributed by atoms with van der Waals surface area (Å²) in [6.07, 6.45) is 25.7. The van der Waals surface area contributed by atoms with Crippen LogP contribution in [0, 0.1) is 11.8 Å². The molecule has 4 aliphatic carbocycles. The van der Waals surface area contributed by atoms with Crippen molar-refractivity contribution in [1.29, 1.82) is 0 Å². The zero-order valence-corrected chi connectivity index (χ0v) is 25.2. The normalized spacial score (nSPS) is 34.7. The van der Waals surface area contributed by atoms with Crippen molar-refractivity contribution in [3.8, 4) is 0 Å². The summed E-state index contributed by atoms with van der Waals surface area (Å²) in [4.78, 5) is 5.67. The molecule has 1 N–H and O–H groups in total. The minimum Gasteiger partial charge on any atom is -0.427 e. The third kappa shape index (κ3) is 4.73. The summed E-state index contributed by atoms with van der Waals surface area (Å²) in [7, 11) is 1.89.